The van der Waals surface area contributed by atoms with Crippen molar-refractivity contribution in [1.29, 1.82) is 0 Å². The third kappa shape index (κ3) is 3.07. The summed E-state index contributed by atoms with van der Waals surface area (Å²) in [6.45, 7) is 0.810. The highest BCUT2D eigenvalue weighted by Gasteiger charge is 2.05. The number of fused-ring (bicyclic) bond motifs is 2. The molecule has 0 aliphatic carbocycles. The molecular formula is C23H16ClN3. The second-order valence-corrected chi connectivity index (χ2v) is 7.03. The quantitative estimate of drug-likeness (QED) is 0.393. The summed E-state index contributed by atoms with van der Waals surface area (Å²) in [5, 5.41) is 2.97. The van der Waals surface area contributed by atoms with E-state index in [2.05, 4.69) is 57.1 Å². The number of benzene rings is 3. The van der Waals surface area contributed by atoms with Gasteiger partial charge in [-0.2, -0.15) is 0 Å². The molecule has 0 radical (unpaired) electrons. The Kier molecular flexibility index (Phi) is 3.88. The third-order valence-corrected chi connectivity index (χ3v) is 5.02. The summed E-state index contributed by atoms with van der Waals surface area (Å²) in [5.74, 6) is 0.751. The summed E-state index contributed by atoms with van der Waals surface area (Å²) < 4.78 is 2.23. The van der Waals surface area contributed by atoms with Crippen LogP contribution >= 0.6 is 11.6 Å². The Balaban J connectivity index is 1.43. The van der Waals surface area contributed by atoms with Gasteiger partial charge in [-0.1, -0.05) is 54.1 Å². The van der Waals surface area contributed by atoms with Gasteiger partial charge in [-0.25, -0.2) is 9.97 Å². The van der Waals surface area contributed by atoms with E-state index in [-0.39, 0.29) is 0 Å². The average Bonchev–Trinajstić information content (AvgIpc) is 3.10. The topological polar surface area (TPSA) is 30.7 Å². The van der Waals surface area contributed by atoms with Crippen molar-refractivity contribution in [3.05, 3.63) is 95.8 Å². The third-order valence-electron chi connectivity index (χ3n) is 4.79. The molecule has 0 saturated carbocycles. The molecule has 27 heavy (non-hydrogen) atoms. The van der Waals surface area contributed by atoms with Gasteiger partial charge in [0.1, 0.15) is 0 Å². The van der Waals surface area contributed by atoms with Crippen molar-refractivity contribution in [1.82, 2.24) is 14.5 Å². The zero-order chi connectivity index (χ0) is 18.2. The SMILES string of the molecule is Clc1ccc2c(ccn2Cc2ccc(-c3ncc4ccccc4n3)cc2)c1. The van der Waals surface area contributed by atoms with Gasteiger partial charge in [0, 0.05) is 45.8 Å². The molecule has 0 amide bonds. The first kappa shape index (κ1) is 16.0. The van der Waals surface area contributed by atoms with Gasteiger partial charge in [0.2, 0.25) is 0 Å². The van der Waals surface area contributed by atoms with Crippen molar-refractivity contribution in [2.75, 3.05) is 0 Å². The van der Waals surface area contributed by atoms with Crippen molar-refractivity contribution in [3.8, 4) is 11.4 Å². The largest absolute Gasteiger partial charge is 0.343 e. The van der Waals surface area contributed by atoms with E-state index in [0.29, 0.717) is 0 Å². The van der Waals surface area contributed by atoms with Crippen molar-refractivity contribution in [3.63, 3.8) is 0 Å². The number of rotatable bonds is 3. The smallest absolute Gasteiger partial charge is 0.159 e. The van der Waals surface area contributed by atoms with E-state index in [4.69, 9.17) is 11.6 Å². The van der Waals surface area contributed by atoms with Crippen LogP contribution in [0.25, 0.3) is 33.2 Å². The van der Waals surface area contributed by atoms with Gasteiger partial charge in [-0.15, -0.1) is 0 Å². The summed E-state index contributed by atoms with van der Waals surface area (Å²) in [4.78, 5) is 9.17. The molecule has 4 heteroatoms. The van der Waals surface area contributed by atoms with Gasteiger partial charge >= 0.3 is 0 Å². The minimum atomic E-state index is 0.751. The minimum Gasteiger partial charge on any atom is -0.343 e. The molecule has 5 rings (SSSR count). The Morgan fingerprint density at radius 1 is 0.852 bits per heavy atom. The van der Waals surface area contributed by atoms with E-state index in [9.17, 15) is 0 Å². The fourth-order valence-electron chi connectivity index (χ4n) is 3.38. The number of nitrogens with zero attached hydrogens (tertiary/aromatic N) is 3. The van der Waals surface area contributed by atoms with Crippen LogP contribution in [0.5, 0.6) is 0 Å². The first-order chi connectivity index (χ1) is 13.3. The lowest BCUT2D eigenvalue weighted by Crippen LogP contribution is -1.98. The molecule has 0 atom stereocenters. The van der Waals surface area contributed by atoms with E-state index in [1.54, 1.807) is 0 Å². The fourth-order valence-corrected chi connectivity index (χ4v) is 3.56. The molecule has 0 bridgehead atoms. The summed E-state index contributed by atoms with van der Waals surface area (Å²) in [5.41, 5.74) is 4.39. The van der Waals surface area contributed by atoms with E-state index >= 15 is 0 Å². The Labute approximate surface area is 161 Å². The van der Waals surface area contributed by atoms with Crippen LogP contribution in [0.4, 0.5) is 0 Å². The second kappa shape index (κ2) is 6.53. The zero-order valence-corrected chi connectivity index (χ0v) is 15.3. The molecule has 130 valence electrons. The Morgan fingerprint density at radius 3 is 2.59 bits per heavy atom. The van der Waals surface area contributed by atoms with Crippen LogP contribution in [0.2, 0.25) is 5.02 Å². The highest BCUT2D eigenvalue weighted by atomic mass is 35.5. The predicted octanol–water partition coefficient (Wildman–Crippen LogP) is 5.95. The number of halogens is 1. The maximum atomic E-state index is 6.08. The zero-order valence-electron chi connectivity index (χ0n) is 14.5. The molecule has 3 aromatic carbocycles. The highest BCUT2D eigenvalue weighted by Crippen LogP contribution is 2.23. The second-order valence-electron chi connectivity index (χ2n) is 6.60. The molecule has 5 aromatic rings. The first-order valence-electron chi connectivity index (χ1n) is 8.82. The lowest BCUT2D eigenvalue weighted by molar-refractivity contribution is 0.837. The van der Waals surface area contributed by atoms with E-state index in [1.807, 2.05) is 42.6 Å². The minimum absolute atomic E-state index is 0.751. The van der Waals surface area contributed by atoms with Crippen LogP contribution in [0.3, 0.4) is 0 Å². The molecule has 2 heterocycles. The van der Waals surface area contributed by atoms with E-state index < -0.39 is 0 Å². The van der Waals surface area contributed by atoms with Crippen molar-refractivity contribution < 1.29 is 0 Å². The van der Waals surface area contributed by atoms with E-state index in [1.165, 1.54) is 11.1 Å². The molecule has 0 aliphatic heterocycles. The van der Waals surface area contributed by atoms with Crippen LogP contribution in [-0.2, 0) is 6.54 Å². The summed E-state index contributed by atoms with van der Waals surface area (Å²) in [6, 6.07) is 24.6. The van der Waals surface area contributed by atoms with Crippen LogP contribution in [0, 0.1) is 0 Å². The normalized spacial score (nSPS) is 11.3. The molecule has 0 fully saturated rings. The Morgan fingerprint density at radius 2 is 1.70 bits per heavy atom. The average molecular weight is 370 g/mol. The van der Waals surface area contributed by atoms with Gasteiger partial charge < -0.3 is 4.57 Å². The van der Waals surface area contributed by atoms with Crippen molar-refractivity contribution in [2.45, 2.75) is 6.54 Å². The number of aromatic nitrogens is 3. The summed E-state index contributed by atoms with van der Waals surface area (Å²) >= 11 is 6.08. The van der Waals surface area contributed by atoms with Crippen LogP contribution in [0.1, 0.15) is 5.56 Å². The van der Waals surface area contributed by atoms with Gasteiger partial charge in [-0.3, -0.25) is 0 Å². The summed E-state index contributed by atoms with van der Waals surface area (Å²) in [6.07, 6.45) is 3.98. The monoisotopic (exact) mass is 369 g/mol. The van der Waals surface area contributed by atoms with Gasteiger partial charge in [-0.05, 0) is 35.9 Å². The Bertz CT molecular complexity index is 1260. The standard InChI is InChI=1S/C23H16ClN3/c24-20-9-10-22-18(13-20)11-12-27(22)15-16-5-7-17(8-6-16)23-25-14-19-3-1-2-4-21(19)26-23/h1-14H,15H2. The van der Waals surface area contributed by atoms with Crippen LogP contribution in [0.15, 0.2) is 85.2 Å². The maximum Gasteiger partial charge on any atom is 0.159 e. The van der Waals surface area contributed by atoms with Crippen molar-refractivity contribution in [2.24, 2.45) is 0 Å². The number of hydrogen-bond donors (Lipinski definition) is 0. The molecule has 0 spiro atoms. The van der Waals surface area contributed by atoms with Gasteiger partial charge in [0.05, 0.1) is 5.52 Å². The molecule has 0 N–H and O–H groups in total. The molecule has 0 aliphatic rings. The van der Waals surface area contributed by atoms with Gasteiger partial charge in [0.25, 0.3) is 0 Å². The summed E-state index contributed by atoms with van der Waals surface area (Å²) in [7, 11) is 0. The predicted molar refractivity (Wildman–Crippen MR) is 111 cm³/mol. The highest BCUT2D eigenvalue weighted by molar-refractivity contribution is 6.31. The molecule has 2 aromatic heterocycles. The van der Waals surface area contributed by atoms with Gasteiger partial charge in [0.15, 0.2) is 5.82 Å². The van der Waals surface area contributed by atoms with Crippen molar-refractivity contribution >= 4 is 33.4 Å². The molecule has 0 unspecified atom stereocenters. The van der Waals surface area contributed by atoms with Crippen LogP contribution in [-0.4, -0.2) is 14.5 Å². The van der Waals surface area contributed by atoms with E-state index in [0.717, 1.165) is 39.2 Å². The lowest BCUT2D eigenvalue weighted by Gasteiger charge is -2.07. The molecule has 0 saturated heterocycles. The molecular weight excluding hydrogens is 354 g/mol. The molecule has 3 nitrogen and oxygen atoms in total. The van der Waals surface area contributed by atoms with Crippen LogP contribution < -0.4 is 0 Å². The number of hydrogen-bond acceptors (Lipinski definition) is 2. The number of para-hydroxylation sites is 1. The Hall–Kier alpha value is -3.17. The maximum absolute atomic E-state index is 6.08. The lowest BCUT2D eigenvalue weighted by atomic mass is 10.1. The fraction of sp³-hybridized carbons (Fsp3) is 0.0435. The first-order valence-corrected chi connectivity index (χ1v) is 9.19.